The number of aromatic nitrogens is 4. The van der Waals surface area contributed by atoms with Gasteiger partial charge in [0, 0.05) is 47.7 Å². The molecule has 8 heteroatoms. The van der Waals surface area contributed by atoms with Crippen LogP contribution >= 0.6 is 11.6 Å². The molecule has 1 aliphatic heterocycles. The highest BCUT2D eigenvalue weighted by molar-refractivity contribution is 6.30. The van der Waals surface area contributed by atoms with E-state index in [0.29, 0.717) is 29.8 Å². The second-order valence-electron chi connectivity index (χ2n) is 8.75. The van der Waals surface area contributed by atoms with Gasteiger partial charge in [-0.15, -0.1) is 0 Å². The number of aryl methyl sites for hydroxylation is 2. The average Bonchev–Trinajstić information content (AvgIpc) is 2.82. The van der Waals surface area contributed by atoms with E-state index in [2.05, 4.69) is 9.97 Å². The zero-order valence-corrected chi connectivity index (χ0v) is 19.9. The van der Waals surface area contributed by atoms with Crippen LogP contribution in [0, 0.1) is 19.7 Å². The summed E-state index contributed by atoms with van der Waals surface area (Å²) in [5.74, 6) is 0.115. The van der Waals surface area contributed by atoms with Crippen LogP contribution in [0.3, 0.4) is 0 Å². The van der Waals surface area contributed by atoms with Gasteiger partial charge in [0.15, 0.2) is 0 Å². The lowest BCUT2D eigenvalue weighted by atomic mass is 9.88. The average molecular weight is 479 g/mol. The number of pyridine rings is 2. The molecule has 6 nitrogen and oxygen atoms in total. The first-order valence-electron chi connectivity index (χ1n) is 11.2. The minimum Gasteiger partial charge on any atom is -0.373 e. The smallest absolute Gasteiger partial charge is 0.263 e. The summed E-state index contributed by atoms with van der Waals surface area (Å²) >= 11 is 5.98. The molecule has 5 rings (SSSR count). The molecule has 2 atom stereocenters. The number of fused-ring (bicyclic) bond motifs is 1. The van der Waals surface area contributed by atoms with Crippen LogP contribution in [-0.2, 0) is 11.8 Å². The van der Waals surface area contributed by atoms with E-state index in [-0.39, 0.29) is 33.9 Å². The Morgan fingerprint density at radius 2 is 1.97 bits per heavy atom. The molecule has 3 aromatic heterocycles. The first kappa shape index (κ1) is 22.6. The zero-order valence-electron chi connectivity index (χ0n) is 19.2. The fraction of sp³-hybridized carbons (Fsp3) is 0.308. The molecule has 0 saturated carbocycles. The molecule has 0 radical (unpaired) electrons. The van der Waals surface area contributed by atoms with Crippen LogP contribution in [0.1, 0.15) is 47.6 Å². The second-order valence-corrected chi connectivity index (χ2v) is 9.18. The van der Waals surface area contributed by atoms with Crippen molar-refractivity contribution < 1.29 is 9.13 Å². The third kappa shape index (κ3) is 4.10. The van der Waals surface area contributed by atoms with Gasteiger partial charge in [-0.05, 0) is 68.7 Å². The number of hydrogen-bond acceptors (Lipinski definition) is 5. The molecule has 4 heterocycles. The summed E-state index contributed by atoms with van der Waals surface area (Å²) in [5.41, 5.74) is 3.55. The predicted octanol–water partition coefficient (Wildman–Crippen LogP) is 5.44. The van der Waals surface area contributed by atoms with Crippen molar-refractivity contribution in [1.29, 1.82) is 0 Å². The zero-order chi connectivity index (χ0) is 24.0. The fourth-order valence-electron chi connectivity index (χ4n) is 4.56. The Morgan fingerprint density at radius 1 is 1.15 bits per heavy atom. The second kappa shape index (κ2) is 8.89. The van der Waals surface area contributed by atoms with E-state index in [1.54, 1.807) is 32.3 Å². The van der Waals surface area contributed by atoms with E-state index >= 15 is 0 Å². The van der Waals surface area contributed by atoms with Gasteiger partial charge in [0.1, 0.15) is 11.6 Å². The van der Waals surface area contributed by atoms with Crippen molar-refractivity contribution >= 4 is 22.5 Å². The Hall–Kier alpha value is -3.16. The van der Waals surface area contributed by atoms with Crippen LogP contribution in [0.25, 0.3) is 22.2 Å². The van der Waals surface area contributed by atoms with Gasteiger partial charge in [-0.3, -0.25) is 19.3 Å². The summed E-state index contributed by atoms with van der Waals surface area (Å²) in [5, 5.41) is 0.579. The molecule has 0 aliphatic carbocycles. The van der Waals surface area contributed by atoms with Crippen molar-refractivity contribution in [3.63, 3.8) is 0 Å². The molecule has 1 aliphatic rings. The van der Waals surface area contributed by atoms with Crippen molar-refractivity contribution in [3.05, 3.63) is 86.6 Å². The molecule has 0 bridgehead atoms. The summed E-state index contributed by atoms with van der Waals surface area (Å²) in [6.07, 6.45) is 3.18. The maximum Gasteiger partial charge on any atom is 0.263 e. The lowest BCUT2D eigenvalue weighted by Gasteiger charge is -2.30. The van der Waals surface area contributed by atoms with Gasteiger partial charge in [0.2, 0.25) is 0 Å². The normalized spacial score (nSPS) is 18.4. The highest BCUT2D eigenvalue weighted by Crippen LogP contribution is 2.39. The van der Waals surface area contributed by atoms with E-state index in [9.17, 15) is 9.18 Å². The number of rotatable bonds is 3. The van der Waals surface area contributed by atoms with Crippen molar-refractivity contribution in [2.45, 2.75) is 38.7 Å². The minimum atomic E-state index is -0.529. The van der Waals surface area contributed by atoms with Crippen molar-refractivity contribution in [1.82, 2.24) is 19.5 Å². The third-order valence-corrected chi connectivity index (χ3v) is 6.72. The molecule has 1 aromatic carbocycles. The maximum absolute atomic E-state index is 15.0. The van der Waals surface area contributed by atoms with Gasteiger partial charge >= 0.3 is 0 Å². The van der Waals surface area contributed by atoms with Crippen LogP contribution in [0.15, 0.2) is 47.4 Å². The van der Waals surface area contributed by atoms with E-state index in [4.69, 9.17) is 21.3 Å². The third-order valence-electron chi connectivity index (χ3n) is 6.49. The Morgan fingerprint density at radius 3 is 2.74 bits per heavy atom. The molecule has 0 spiro atoms. The largest absolute Gasteiger partial charge is 0.373 e. The molecule has 0 amide bonds. The molecule has 174 valence electrons. The molecule has 1 fully saturated rings. The summed E-state index contributed by atoms with van der Waals surface area (Å²) in [7, 11) is 1.65. The van der Waals surface area contributed by atoms with Gasteiger partial charge in [0.05, 0.1) is 22.7 Å². The molecule has 0 N–H and O–H groups in total. The molecular formula is C26H24ClFN4O2. The number of ether oxygens (including phenoxy) is 1. The van der Waals surface area contributed by atoms with Crippen LogP contribution in [0.5, 0.6) is 0 Å². The Bertz CT molecular complexity index is 1470. The number of hydrogen-bond donors (Lipinski definition) is 0. The Labute approximate surface area is 201 Å². The highest BCUT2D eigenvalue weighted by atomic mass is 35.5. The van der Waals surface area contributed by atoms with Gasteiger partial charge < -0.3 is 4.74 Å². The number of benzene rings is 1. The lowest BCUT2D eigenvalue weighted by molar-refractivity contribution is 0.00460. The molecule has 1 saturated heterocycles. The summed E-state index contributed by atoms with van der Waals surface area (Å²) in [6.45, 7) is 4.31. The predicted molar refractivity (Wildman–Crippen MR) is 130 cm³/mol. The molecular weight excluding hydrogens is 455 g/mol. The lowest BCUT2D eigenvalue weighted by Crippen LogP contribution is -2.23. The van der Waals surface area contributed by atoms with E-state index in [1.165, 1.54) is 10.6 Å². The van der Waals surface area contributed by atoms with Crippen LogP contribution in [0.4, 0.5) is 4.39 Å². The summed E-state index contributed by atoms with van der Waals surface area (Å²) < 4.78 is 22.5. The van der Waals surface area contributed by atoms with E-state index < -0.39 is 5.82 Å². The number of nitrogens with zero attached hydrogens (tertiary/aromatic N) is 4. The number of halogens is 2. The Balaban J connectivity index is 1.66. The standard InChI is InChI=1S/C26H24ClFN4O2/c1-14-10-17(6-8-29-14)23-11-16(7-9-34-23)21-13-22-24(26(33)32(3)15(2)30-22)25(31-21)19-5-4-18(27)12-20(19)28/h4-6,8,10,12-13,16,23H,7,9,11H2,1-3H3. The maximum atomic E-state index is 15.0. The quantitative estimate of drug-likeness (QED) is 0.392. The van der Waals surface area contributed by atoms with Gasteiger partial charge in [0.25, 0.3) is 5.56 Å². The van der Waals surface area contributed by atoms with Gasteiger partial charge in [-0.25, -0.2) is 9.37 Å². The van der Waals surface area contributed by atoms with Gasteiger partial charge in [-0.1, -0.05) is 11.6 Å². The van der Waals surface area contributed by atoms with E-state index in [0.717, 1.165) is 23.4 Å². The monoisotopic (exact) mass is 478 g/mol. The molecule has 4 aromatic rings. The van der Waals surface area contributed by atoms with Crippen LogP contribution in [-0.4, -0.2) is 26.1 Å². The first-order chi connectivity index (χ1) is 16.3. The fourth-order valence-corrected chi connectivity index (χ4v) is 4.72. The van der Waals surface area contributed by atoms with Crippen molar-refractivity contribution in [2.75, 3.05) is 6.61 Å². The van der Waals surface area contributed by atoms with Crippen LogP contribution < -0.4 is 5.56 Å². The highest BCUT2D eigenvalue weighted by Gasteiger charge is 2.28. The molecule has 2 unspecified atom stereocenters. The van der Waals surface area contributed by atoms with Gasteiger partial charge in [-0.2, -0.15) is 0 Å². The van der Waals surface area contributed by atoms with Crippen molar-refractivity contribution in [3.8, 4) is 11.3 Å². The van der Waals surface area contributed by atoms with Crippen LogP contribution in [0.2, 0.25) is 5.02 Å². The SMILES string of the molecule is Cc1cc(C2CC(c3cc4nc(C)n(C)c(=O)c4c(-c4ccc(Cl)cc4F)n3)CCO2)ccn1. The Kier molecular flexibility index (Phi) is 5.91. The van der Waals surface area contributed by atoms with Crippen molar-refractivity contribution in [2.24, 2.45) is 7.05 Å². The minimum absolute atomic E-state index is 0.0666. The van der Waals surface area contributed by atoms with E-state index in [1.807, 2.05) is 25.1 Å². The summed E-state index contributed by atoms with van der Waals surface area (Å²) in [6, 6.07) is 10.3. The summed E-state index contributed by atoms with van der Waals surface area (Å²) in [4.78, 5) is 27.0. The molecule has 34 heavy (non-hydrogen) atoms. The topological polar surface area (TPSA) is 69.9 Å². The first-order valence-corrected chi connectivity index (χ1v) is 11.6.